The van der Waals surface area contributed by atoms with Crippen molar-refractivity contribution in [3.63, 3.8) is 0 Å². The summed E-state index contributed by atoms with van der Waals surface area (Å²) in [6, 6.07) is 6.65. The van der Waals surface area contributed by atoms with Crippen LogP contribution < -0.4 is 5.32 Å². The summed E-state index contributed by atoms with van der Waals surface area (Å²) in [6.45, 7) is 3.92. The Labute approximate surface area is 118 Å². The maximum absolute atomic E-state index is 13.2. The molecule has 1 aliphatic heterocycles. The van der Waals surface area contributed by atoms with Gasteiger partial charge in [-0.25, -0.2) is 14.4 Å². The van der Waals surface area contributed by atoms with E-state index in [1.54, 1.807) is 12.1 Å². The molecule has 2 aromatic rings. The van der Waals surface area contributed by atoms with Crippen molar-refractivity contribution in [3.05, 3.63) is 58.4 Å². The van der Waals surface area contributed by atoms with Crippen LogP contribution in [-0.4, -0.2) is 16.5 Å². The monoisotopic (exact) mass is 271 g/mol. The molecule has 0 aliphatic carbocycles. The van der Waals surface area contributed by atoms with E-state index >= 15 is 0 Å². The fourth-order valence-electron chi connectivity index (χ4n) is 2.69. The second-order valence-corrected chi connectivity index (χ2v) is 5.10. The highest BCUT2D eigenvalue weighted by Crippen LogP contribution is 2.18. The Hall–Kier alpha value is -1.81. The molecule has 3 nitrogen and oxygen atoms in total. The molecule has 0 saturated carbocycles. The van der Waals surface area contributed by atoms with Crippen molar-refractivity contribution < 1.29 is 4.39 Å². The summed E-state index contributed by atoms with van der Waals surface area (Å²) in [4.78, 5) is 9.32. The highest BCUT2D eigenvalue weighted by molar-refractivity contribution is 5.30. The highest BCUT2D eigenvalue weighted by atomic mass is 19.1. The van der Waals surface area contributed by atoms with Crippen LogP contribution in [0, 0.1) is 5.82 Å². The number of benzene rings is 1. The molecule has 0 saturated heterocycles. The van der Waals surface area contributed by atoms with Gasteiger partial charge in [-0.05, 0) is 42.6 Å². The fraction of sp³-hybridized carbons (Fsp3) is 0.375. The van der Waals surface area contributed by atoms with Crippen LogP contribution in [0.2, 0.25) is 0 Å². The number of nitrogens with zero attached hydrogens (tertiary/aromatic N) is 2. The van der Waals surface area contributed by atoms with Crippen molar-refractivity contribution in [1.29, 1.82) is 0 Å². The number of nitrogens with one attached hydrogen (secondary N) is 1. The number of fused-ring (bicyclic) bond motifs is 1. The normalized spacial score (nSPS) is 14.1. The van der Waals surface area contributed by atoms with Crippen LogP contribution in [-0.2, 0) is 25.8 Å². The maximum atomic E-state index is 13.2. The van der Waals surface area contributed by atoms with Crippen molar-refractivity contribution >= 4 is 0 Å². The van der Waals surface area contributed by atoms with Gasteiger partial charge in [0.2, 0.25) is 0 Å². The molecule has 0 fully saturated rings. The summed E-state index contributed by atoms with van der Waals surface area (Å²) >= 11 is 0. The van der Waals surface area contributed by atoms with Crippen LogP contribution in [0.3, 0.4) is 0 Å². The molecule has 3 rings (SSSR count). The minimum Gasteiger partial charge on any atom is -0.311 e. The zero-order valence-electron chi connectivity index (χ0n) is 11.6. The van der Waals surface area contributed by atoms with E-state index in [0.717, 1.165) is 48.7 Å². The first-order valence-corrected chi connectivity index (χ1v) is 7.09. The van der Waals surface area contributed by atoms with Gasteiger partial charge in [-0.15, -0.1) is 0 Å². The molecule has 2 heterocycles. The average molecular weight is 271 g/mol. The van der Waals surface area contributed by atoms with E-state index in [-0.39, 0.29) is 5.82 Å². The number of aryl methyl sites for hydroxylation is 1. The third kappa shape index (κ3) is 2.70. The van der Waals surface area contributed by atoms with Crippen LogP contribution in [0.4, 0.5) is 4.39 Å². The fourth-order valence-corrected chi connectivity index (χ4v) is 2.69. The Morgan fingerprint density at radius 2 is 2.20 bits per heavy atom. The summed E-state index contributed by atoms with van der Waals surface area (Å²) < 4.78 is 13.2. The topological polar surface area (TPSA) is 37.8 Å². The SMILES string of the molecule is CCc1nc(Cc2cccc(F)c2)nc2c1CCNC2. The molecular formula is C16H18FN3. The Morgan fingerprint density at radius 1 is 1.30 bits per heavy atom. The molecule has 0 unspecified atom stereocenters. The Kier molecular flexibility index (Phi) is 3.74. The molecule has 1 aromatic heterocycles. The van der Waals surface area contributed by atoms with Gasteiger partial charge in [-0.2, -0.15) is 0 Å². The summed E-state index contributed by atoms with van der Waals surface area (Å²) in [5.41, 5.74) is 4.46. The van der Waals surface area contributed by atoms with Gasteiger partial charge in [-0.1, -0.05) is 19.1 Å². The van der Waals surface area contributed by atoms with E-state index in [4.69, 9.17) is 0 Å². The number of aromatic nitrogens is 2. The Balaban J connectivity index is 1.94. The average Bonchev–Trinajstić information content (AvgIpc) is 2.46. The van der Waals surface area contributed by atoms with Crippen molar-refractivity contribution in [2.24, 2.45) is 0 Å². The van der Waals surface area contributed by atoms with Crippen molar-refractivity contribution in [2.45, 2.75) is 32.7 Å². The van der Waals surface area contributed by atoms with E-state index in [1.807, 2.05) is 6.07 Å². The van der Waals surface area contributed by atoms with Gasteiger partial charge in [0.1, 0.15) is 11.6 Å². The largest absolute Gasteiger partial charge is 0.311 e. The van der Waals surface area contributed by atoms with Crippen LogP contribution in [0.15, 0.2) is 24.3 Å². The maximum Gasteiger partial charge on any atom is 0.133 e. The van der Waals surface area contributed by atoms with Gasteiger partial charge in [0, 0.05) is 18.7 Å². The second kappa shape index (κ2) is 5.67. The third-order valence-electron chi connectivity index (χ3n) is 3.66. The lowest BCUT2D eigenvalue weighted by molar-refractivity contribution is 0.609. The standard InChI is InChI=1S/C16H18FN3/c1-2-14-13-6-7-18-10-15(13)20-16(19-14)9-11-4-3-5-12(17)8-11/h3-5,8,18H,2,6-7,9-10H2,1H3. The van der Waals surface area contributed by atoms with Crippen molar-refractivity contribution in [1.82, 2.24) is 15.3 Å². The number of hydrogen-bond acceptors (Lipinski definition) is 3. The molecule has 4 heteroatoms. The predicted octanol–water partition coefficient (Wildman–Crippen LogP) is 2.41. The highest BCUT2D eigenvalue weighted by Gasteiger charge is 2.16. The van der Waals surface area contributed by atoms with E-state index in [0.29, 0.717) is 6.42 Å². The predicted molar refractivity (Wildman–Crippen MR) is 76.0 cm³/mol. The van der Waals surface area contributed by atoms with Gasteiger partial charge >= 0.3 is 0 Å². The summed E-state index contributed by atoms with van der Waals surface area (Å²) in [7, 11) is 0. The zero-order valence-corrected chi connectivity index (χ0v) is 11.6. The van der Waals surface area contributed by atoms with Gasteiger partial charge in [-0.3, -0.25) is 0 Å². The molecule has 1 aromatic carbocycles. The number of rotatable bonds is 3. The molecule has 0 atom stereocenters. The van der Waals surface area contributed by atoms with Gasteiger partial charge in [0.15, 0.2) is 0 Å². The Bertz CT molecular complexity index is 608. The number of hydrogen-bond donors (Lipinski definition) is 1. The van der Waals surface area contributed by atoms with E-state index in [9.17, 15) is 4.39 Å². The minimum atomic E-state index is -0.210. The molecule has 0 bridgehead atoms. The van der Waals surface area contributed by atoms with Gasteiger partial charge in [0.05, 0.1) is 5.69 Å². The molecule has 0 spiro atoms. The van der Waals surface area contributed by atoms with Crippen LogP contribution in [0.25, 0.3) is 0 Å². The minimum absolute atomic E-state index is 0.210. The second-order valence-electron chi connectivity index (χ2n) is 5.10. The van der Waals surface area contributed by atoms with Gasteiger partial charge < -0.3 is 5.32 Å². The molecule has 0 radical (unpaired) electrons. The lowest BCUT2D eigenvalue weighted by Gasteiger charge is -2.19. The van der Waals surface area contributed by atoms with Crippen LogP contribution in [0.1, 0.15) is 35.3 Å². The summed E-state index contributed by atoms with van der Waals surface area (Å²) in [5, 5.41) is 3.34. The Morgan fingerprint density at radius 3 is 3.00 bits per heavy atom. The quantitative estimate of drug-likeness (QED) is 0.931. The van der Waals surface area contributed by atoms with Crippen LogP contribution in [0.5, 0.6) is 0 Å². The van der Waals surface area contributed by atoms with Crippen molar-refractivity contribution in [3.8, 4) is 0 Å². The zero-order chi connectivity index (χ0) is 13.9. The lowest BCUT2D eigenvalue weighted by Crippen LogP contribution is -2.27. The smallest absolute Gasteiger partial charge is 0.133 e. The third-order valence-corrected chi connectivity index (χ3v) is 3.66. The molecule has 1 N–H and O–H groups in total. The van der Waals surface area contributed by atoms with E-state index in [2.05, 4.69) is 22.2 Å². The first kappa shape index (κ1) is 13.2. The molecule has 104 valence electrons. The van der Waals surface area contributed by atoms with E-state index in [1.165, 1.54) is 11.6 Å². The first-order chi connectivity index (χ1) is 9.76. The lowest BCUT2D eigenvalue weighted by atomic mass is 10.0. The first-order valence-electron chi connectivity index (χ1n) is 7.09. The van der Waals surface area contributed by atoms with Crippen LogP contribution >= 0.6 is 0 Å². The molecule has 0 amide bonds. The van der Waals surface area contributed by atoms with Crippen molar-refractivity contribution in [2.75, 3.05) is 6.54 Å². The molecular weight excluding hydrogens is 253 g/mol. The summed E-state index contributed by atoms with van der Waals surface area (Å²) in [6.07, 6.45) is 2.50. The molecule has 1 aliphatic rings. The molecule has 20 heavy (non-hydrogen) atoms. The van der Waals surface area contributed by atoms with Gasteiger partial charge in [0.25, 0.3) is 0 Å². The van der Waals surface area contributed by atoms with E-state index < -0.39 is 0 Å². The summed E-state index contributed by atoms with van der Waals surface area (Å²) in [5.74, 6) is 0.577. The number of halogens is 1.